The summed E-state index contributed by atoms with van der Waals surface area (Å²) in [5, 5.41) is 3.10. The molecule has 2 heterocycles. The quantitative estimate of drug-likeness (QED) is 0.905. The Hall–Kier alpha value is -0.820. The average Bonchev–Trinajstić information content (AvgIpc) is 2.71. The van der Waals surface area contributed by atoms with Crippen molar-refractivity contribution in [2.45, 2.75) is 19.5 Å². The van der Waals surface area contributed by atoms with Crippen LogP contribution in [0.25, 0.3) is 0 Å². The zero-order valence-electron chi connectivity index (χ0n) is 11.4. The first kappa shape index (κ1) is 15.6. The molecule has 112 valence electrons. The lowest BCUT2D eigenvalue weighted by molar-refractivity contribution is -0.137. The number of anilines is 1. The van der Waals surface area contributed by atoms with E-state index < -0.39 is 11.7 Å². The van der Waals surface area contributed by atoms with Gasteiger partial charge < -0.3 is 10.2 Å². The molecule has 1 aromatic rings. The molecule has 1 aliphatic rings. The third-order valence-electron chi connectivity index (χ3n) is 3.60. The SMILES string of the molecule is CNCC1(C)CCN(c2ncc(Br)cc2C(F)(F)F)C1. The molecule has 20 heavy (non-hydrogen) atoms. The van der Waals surface area contributed by atoms with Crippen LogP contribution in [-0.2, 0) is 6.18 Å². The molecule has 1 unspecified atom stereocenters. The largest absolute Gasteiger partial charge is 0.419 e. The highest BCUT2D eigenvalue weighted by Gasteiger charge is 2.40. The molecule has 2 rings (SSSR count). The van der Waals surface area contributed by atoms with E-state index in [1.165, 1.54) is 6.20 Å². The molecule has 0 aromatic carbocycles. The minimum atomic E-state index is -4.39. The van der Waals surface area contributed by atoms with E-state index in [9.17, 15) is 13.2 Å². The first-order valence-corrected chi connectivity index (χ1v) is 7.17. The Morgan fingerprint density at radius 3 is 2.80 bits per heavy atom. The van der Waals surface area contributed by atoms with Crippen LogP contribution < -0.4 is 10.2 Å². The van der Waals surface area contributed by atoms with Crippen molar-refractivity contribution in [1.29, 1.82) is 0 Å². The smallest absolute Gasteiger partial charge is 0.355 e. The maximum absolute atomic E-state index is 13.1. The molecule has 0 radical (unpaired) electrons. The third-order valence-corrected chi connectivity index (χ3v) is 4.03. The van der Waals surface area contributed by atoms with Crippen LogP contribution >= 0.6 is 15.9 Å². The summed E-state index contributed by atoms with van der Waals surface area (Å²) in [4.78, 5) is 5.72. The number of halogens is 4. The molecule has 0 spiro atoms. The predicted octanol–water partition coefficient (Wildman–Crippen LogP) is 3.30. The molecule has 1 N–H and O–H groups in total. The lowest BCUT2D eigenvalue weighted by atomic mass is 9.90. The second kappa shape index (κ2) is 5.52. The minimum Gasteiger partial charge on any atom is -0.355 e. The van der Waals surface area contributed by atoms with Gasteiger partial charge >= 0.3 is 6.18 Å². The maximum Gasteiger partial charge on any atom is 0.419 e. The number of hydrogen-bond acceptors (Lipinski definition) is 3. The topological polar surface area (TPSA) is 28.2 Å². The Morgan fingerprint density at radius 2 is 2.20 bits per heavy atom. The normalized spacial score (nSPS) is 23.4. The van der Waals surface area contributed by atoms with Gasteiger partial charge in [0.25, 0.3) is 0 Å². The van der Waals surface area contributed by atoms with Gasteiger partial charge in [0.05, 0.1) is 5.56 Å². The van der Waals surface area contributed by atoms with Gasteiger partial charge in [-0.2, -0.15) is 13.2 Å². The number of pyridine rings is 1. The molecule has 0 amide bonds. The Morgan fingerprint density at radius 1 is 1.50 bits per heavy atom. The van der Waals surface area contributed by atoms with Crippen LogP contribution in [0.1, 0.15) is 18.9 Å². The molecule has 3 nitrogen and oxygen atoms in total. The number of aromatic nitrogens is 1. The number of nitrogens with one attached hydrogen (secondary N) is 1. The first-order chi connectivity index (χ1) is 9.25. The maximum atomic E-state index is 13.1. The Balaban J connectivity index is 2.31. The van der Waals surface area contributed by atoms with Crippen molar-refractivity contribution in [2.75, 3.05) is 31.6 Å². The minimum absolute atomic E-state index is 0.0215. The molecular weight excluding hydrogens is 335 g/mol. The van der Waals surface area contributed by atoms with Crippen LogP contribution in [0.2, 0.25) is 0 Å². The van der Waals surface area contributed by atoms with Crippen molar-refractivity contribution < 1.29 is 13.2 Å². The number of nitrogens with zero attached hydrogens (tertiary/aromatic N) is 2. The van der Waals surface area contributed by atoms with Crippen LogP contribution in [0.4, 0.5) is 19.0 Å². The van der Waals surface area contributed by atoms with E-state index in [0.29, 0.717) is 17.6 Å². The summed E-state index contributed by atoms with van der Waals surface area (Å²) < 4.78 is 39.7. The van der Waals surface area contributed by atoms with Crippen LogP contribution in [0.15, 0.2) is 16.7 Å². The highest BCUT2D eigenvalue weighted by Crippen LogP contribution is 2.40. The van der Waals surface area contributed by atoms with Crippen LogP contribution in [-0.4, -0.2) is 31.7 Å². The van der Waals surface area contributed by atoms with E-state index in [2.05, 4.69) is 33.2 Å². The second-order valence-corrected chi connectivity index (χ2v) is 6.45. The van der Waals surface area contributed by atoms with Crippen LogP contribution in [0.5, 0.6) is 0 Å². The second-order valence-electron chi connectivity index (χ2n) is 5.54. The van der Waals surface area contributed by atoms with Crippen LogP contribution in [0, 0.1) is 5.41 Å². The van der Waals surface area contributed by atoms with Gasteiger partial charge in [0.1, 0.15) is 5.82 Å². The summed E-state index contributed by atoms with van der Waals surface area (Å²) in [6.45, 7) is 4.03. The fourth-order valence-corrected chi connectivity index (χ4v) is 3.00. The Labute approximate surface area is 124 Å². The van der Waals surface area contributed by atoms with Crippen molar-refractivity contribution in [1.82, 2.24) is 10.3 Å². The Kier molecular flexibility index (Phi) is 4.30. The highest BCUT2D eigenvalue weighted by atomic mass is 79.9. The fraction of sp³-hybridized carbons (Fsp3) is 0.615. The third kappa shape index (κ3) is 3.25. The zero-order valence-corrected chi connectivity index (χ0v) is 13.0. The van der Waals surface area contributed by atoms with Crippen molar-refractivity contribution in [3.05, 3.63) is 22.3 Å². The van der Waals surface area contributed by atoms with Gasteiger partial charge in [0.15, 0.2) is 0 Å². The molecule has 1 aromatic heterocycles. The van der Waals surface area contributed by atoms with Gasteiger partial charge in [-0.3, -0.25) is 0 Å². The molecule has 0 saturated carbocycles. The number of alkyl halides is 3. The molecule has 0 aliphatic carbocycles. The van der Waals surface area contributed by atoms with Gasteiger partial charge in [0, 0.05) is 30.3 Å². The van der Waals surface area contributed by atoms with Crippen molar-refractivity contribution in [3.8, 4) is 0 Å². The van der Waals surface area contributed by atoms with Gasteiger partial charge in [0.2, 0.25) is 0 Å². The monoisotopic (exact) mass is 351 g/mol. The number of rotatable bonds is 3. The lowest BCUT2D eigenvalue weighted by Crippen LogP contribution is -2.34. The Bertz CT molecular complexity index is 492. The summed E-state index contributed by atoms with van der Waals surface area (Å²) in [6, 6.07) is 1.09. The van der Waals surface area contributed by atoms with E-state index in [0.717, 1.165) is 19.0 Å². The molecule has 7 heteroatoms. The van der Waals surface area contributed by atoms with E-state index in [4.69, 9.17) is 0 Å². The molecular formula is C13H17BrF3N3. The van der Waals surface area contributed by atoms with E-state index in [1.54, 1.807) is 4.90 Å². The first-order valence-electron chi connectivity index (χ1n) is 6.37. The summed E-state index contributed by atoms with van der Waals surface area (Å²) >= 11 is 3.05. The lowest BCUT2D eigenvalue weighted by Gasteiger charge is -2.26. The van der Waals surface area contributed by atoms with E-state index in [1.807, 2.05) is 7.05 Å². The number of hydrogen-bond donors (Lipinski definition) is 1. The highest BCUT2D eigenvalue weighted by molar-refractivity contribution is 9.10. The molecule has 0 bridgehead atoms. The fourth-order valence-electron chi connectivity index (χ4n) is 2.67. The molecule has 1 fully saturated rings. The zero-order chi connectivity index (χ0) is 15.0. The molecule has 1 aliphatic heterocycles. The predicted molar refractivity (Wildman–Crippen MR) is 75.8 cm³/mol. The van der Waals surface area contributed by atoms with Crippen molar-refractivity contribution >= 4 is 21.7 Å². The van der Waals surface area contributed by atoms with Crippen molar-refractivity contribution in [3.63, 3.8) is 0 Å². The average molecular weight is 352 g/mol. The molecule has 1 saturated heterocycles. The standard InChI is InChI=1S/C13H17BrF3N3/c1-12(7-18-2)3-4-20(8-12)11-10(13(15,16)17)5-9(14)6-19-11/h5-6,18H,3-4,7-8H2,1-2H3. The van der Waals surface area contributed by atoms with E-state index >= 15 is 0 Å². The van der Waals surface area contributed by atoms with Gasteiger partial charge in [-0.1, -0.05) is 6.92 Å². The van der Waals surface area contributed by atoms with Gasteiger partial charge in [-0.25, -0.2) is 4.98 Å². The van der Waals surface area contributed by atoms with Crippen molar-refractivity contribution in [2.24, 2.45) is 5.41 Å². The summed E-state index contributed by atoms with van der Waals surface area (Å²) in [5.41, 5.74) is -0.701. The van der Waals surface area contributed by atoms with Gasteiger partial charge in [-0.05, 0) is 40.9 Å². The van der Waals surface area contributed by atoms with Crippen LogP contribution in [0.3, 0.4) is 0 Å². The van der Waals surface area contributed by atoms with E-state index in [-0.39, 0.29) is 11.2 Å². The molecule has 1 atom stereocenters. The summed E-state index contributed by atoms with van der Waals surface area (Å²) in [6.07, 6.45) is -2.13. The van der Waals surface area contributed by atoms with Gasteiger partial charge in [-0.15, -0.1) is 0 Å². The summed E-state index contributed by atoms with van der Waals surface area (Å²) in [5.74, 6) is 0.0283. The summed E-state index contributed by atoms with van der Waals surface area (Å²) in [7, 11) is 1.85.